The van der Waals surface area contributed by atoms with Crippen molar-refractivity contribution < 1.29 is 4.74 Å². The maximum atomic E-state index is 5.97. The maximum Gasteiger partial charge on any atom is 0.0469 e. The van der Waals surface area contributed by atoms with Crippen LogP contribution in [0, 0.1) is 5.92 Å². The molecule has 0 aromatic heterocycles. The largest absolute Gasteiger partial charge is 0.381 e. The molecule has 0 bridgehead atoms. The van der Waals surface area contributed by atoms with Crippen molar-refractivity contribution in [3.8, 4) is 0 Å². The second-order valence-corrected chi connectivity index (χ2v) is 4.55. The summed E-state index contributed by atoms with van der Waals surface area (Å²) in [7, 11) is 0. The van der Waals surface area contributed by atoms with Crippen molar-refractivity contribution in [3.63, 3.8) is 0 Å². The molecular formula is C10H20N2O. The lowest BCUT2D eigenvalue weighted by molar-refractivity contribution is 0.0662. The van der Waals surface area contributed by atoms with E-state index >= 15 is 0 Å². The molecule has 1 heterocycles. The minimum atomic E-state index is 0.158. The molecule has 2 aliphatic rings. The smallest absolute Gasteiger partial charge is 0.0469 e. The van der Waals surface area contributed by atoms with Crippen LogP contribution in [0.15, 0.2) is 0 Å². The van der Waals surface area contributed by atoms with Crippen molar-refractivity contribution in [2.24, 2.45) is 11.7 Å². The van der Waals surface area contributed by atoms with Crippen LogP contribution in [-0.4, -0.2) is 31.8 Å². The highest BCUT2D eigenvalue weighted by Gasteiger charge is 2.37. The fraction of sp³-hybridized carbons (Fsp3) is 1.00. The fourth-order valence-corrected chi connectivity index (χ4v) is 1.81. The van der Waals surface area contributed by atoms with Crippen LogP contribution in [0.4, 0.5) is 0 Å². The Hall–Kier alpha value is -0.120. The van der Waals surface area contributed by atoms with E-state index in [1.54, 1.807) is 0 Å². The molecule has 0 aromatic carbocycles. The maximum absolute atomic E-state index is 5.97. The van der Waals surface area contributed by atoms with Gasteiger partial charge in [0, 0.05) is 25.3 Å². The Labute approximate surface area is 80.0 Å². The van der Waals surface area contributed by atoms with E-state index in [4.69, 9.17) is 10.5 Å². The first-order valence-corrected chi connectivity index (χ1v) is 5.36. The summed E-state index contributed by atoms with van der Waals surface area (Å²) in [6.07, 6.45) is 4.83. The molecule has 0 aromatic rings. The summed E-state index contributed by atoms with van der Waals surface area (Å²) in [5, 5.41) is 3.48. The first-order valence-electron chi connectivity index (χ1n) is 5.36. The highest BCUT2D eigenvalue weighted by atomic mass is 16.5. The molecule has 76 valence electrons. The molecule has 0 unspecified atom stereocenters. The number of nitrogens with one attached hydrogen (secondary N) is 1. The molecule has 1 saturated heterocycles. The van der Waals surface area contributed by atoms with Crippen molar-refractivity contribution in [2.45, 2.75) is 31.2 Å². The first kappa shape index (κ1) is 9.44. The lowest BCUT2D eigenvalue weighted by atomic mass is 10.0. The van der Waals surface area contributed by atoms with E-state index in [0.29, 0.717) is 0 Å². The minimum Gasteiger partial charge on any atom is -0.381 e. The minimum absolute atomic E-state index is 0.158. The molecular weight excluding hydrogens is 164 g/mol. The lowest BCUT2D eigenvalue weighted by Gasteiger charge is -2.23. The summed E-state index contributed by atoms with van der Waals surface area (Å²) in [6.45, 7) is 4.02. The van der Waals surface area contributed by atoms with Crippen molar-refractivity contribution >= 4 is 0 Å². The monoisotopic (exact) mass is 184 g/mol. The zero-order chi connectivity index (χ0) is 9.15. The van der Waals surface area contributed by atoms with Gasteiger partial charge in [-0.1, -0.05) is 0 Å². The van der Waals surface area contributed by atoms with Crippen molar-refractivity contribution in [2.75, 3.05) is 26.3 Å². The quantitative estimate of drug-likeness (QED) is 0.668. The topological polar surface area (TPSA) is 47.3 Å². The van der Waals surface area contributed by atoms with Gasteiger partial charge in [-0.3, -0.25) is 0 Å². The van der Waals surface area contributed by atoms with Crippen LogP contribution in [0.1, 0.15) is 25.7 Å². The van der Waals surface area contributed by atoms with Gasteiger partial charge in [-0.2, -0.15) is 0 Å². The summed E-state index contributed by atoms with van der Waals surface area (Å²) >= 11 is 0. The molecule has 2 rings (SSSR count). The van der Waals surface area contributed by atoms with Crippen molar-refractivity contribution in [1.29, 1.82) is 0 Å². The van der Waals surface area contributed by atoms with Crippen LogP contribution in [0.25, 0.3) is 0 Å². The van der Waals surface area contributed by atoms with Gasteiger partial charge >= 0.3 is 0 Å². The number of hydrogen-bond acceptors (Lipinski definition) is 3. The summed E-state index contributed by atoms with van der Waals surface area (Å²) in [6, 6.07) is 0. The average Bonchev–Trinajstić information content (AvgIpc) is 2.86. The molecule has 3 nitrogen and oxygen atoms in total. The summed E-state index contributed by atoms with van der Waals surface area (Å²) in [5.74, 6) is 0.816. The predicted octanol–water partition coefficient (Wildman–Crippen LogP) is 0.494. The normalized spacial score (nSPS) is 27.5. The van der Waals surface area contributed by atoms with E-state index in [1.165, 1.54) is 25.7 Å². The van der Waals surface area contributed by atoms with Crippen LogP contribution in [0.2, 0.25) is 0 Å². The zero-order valence-electron chi connectivity index (χ0n) is 8.22. The van der Waals surface area contributed by atoms with E-state index < -0.39 is 0 Å². The molecule has 1 aliphatic heterocycles. The predicted molar refractivity (Wildman–Crippen MR) is 52.6 cm³/mol. The van der Waals surface area contributed by atoms with Crippen LogP contribution in [0.3, 0.4) is 0 Å². The number of rotatable bonds is 4. The Balaban J connectivity index is 1.56. The third-order valence-electron chi connectivity index (χ3n) is 3.14. The lowest BCUT2D eigenvalue weighted by Crippen LogP contribution is -2.38. The Kier molecular flexibility index (Phi) is 2.86. The van der Waals surface area contributed by atoms with Crippen molar-refractivity contribution in [1.82, 2.24) is 5.32 Å². The van der Waals surface area contributed by atoms with E-state index in [-0.39, 0.29) is 5.54 Å². The molecule has 3 heteroatoms. The first-order chi connectivity index (χ1) is 6.29. The third-order valence-corrected chi connectivity index (χ3v) is 3.14. The standard InChI is InChI=1S/C10H20N2O/c11-10(3-4-10)8-12-7-9-1-5-13-6-2-9/h9,12H,1-8,11H2. The SMILES string of the molecule is NC1(CNCC2CCOCC2)CC1. The number of ether oxygens (including phenoxy) is 1. The molecule has 1 saturated carbocycles. The highest BCUT2D eigenvalue weighted by molar-refractivity contribution is 5.00. The summed E-state index contributed by atoms with van der Waals surface area (Å²) < 4.78 is 5.31. The number of nitrogens with two attached hydrogens (primary N) is 1. The Morgan fingerprint density at radius 2 is 2.00 bits per heavy atom. The molecule has 0 radical (unpaired) electrons. The highest BCUT2D eigenvalue weighted by Crippen LogP contribution is 2.31. The second kappa shape index (κ2) is 3.95. The van der Waals surface area contributed by atoms with Gasteiger partial charge in [0.2, 0.25) is 0 Å². The molecule has 3 N–H and O–H groups in total. The van der Waals surface area contributed by atoms with Gasteiger partial charge in [0.05, 0.1) is 0 Å². The van der Waals surface area contributed by atoms with Gasteiger partial charge in [0.15, 0.2) is 0 Å². The van der Waals surface area contributed by atoms with Crippen LogP contribution in [-0.2, 0) is 4.74 Å². The Bertz CT molecular complexity index is 162. The second-order valence-electron chi connectivity index (χ2n) is 4.55. The molecule has 13 heavy (non-hydrogen) atoms. The fourth-order valence-electron chi connectivity index (χ4n) is 1.81. The molecule has 0 atom stereocenters. The van der Waals surface area contributed by atoms with Gasteiger partial charge in [-0.15, -0.1) is 0 Å². The summed E-state index contributed by atoms with van der Waals surface area (Å²) in [5.41, 5.74) is 6.13. The average molecular weight is 184 g/mol. The van der Waals surface area contributed by atoms with Gasteiger partial charge in [0.1, 0.15) is 0 Å². The van der Waals surface area contributed by atoms with Crippen LogP contribution in [0.5, 0.6) is 0 Å². The van der Waals surface area contributed by atoms with Gasteiger partial charge in [0.25, 0.3) is 0 Å². The van der Waals surface area contributed by atoms with Gasteiger partial charge < -0.3 is 15.8 Å². The van der Waals surface area contributed by atoms with E-state index in [1.807, 2.05) is 0 Å². The van der Waals surface area contributed by atoms with Gasteiger partial charge in [-0.05, 0) is 38.1 Å². The van der Waals surface area contributed by atoms with Crippen molar-refractivity contribution in [3.05, 3.63) is 0 Å². The molecule has 0 spiro atoms. The number of hydrogen-bond donors (Lipinski definition) is 2. The van der Waals surface area contributed by atoms with Crippen LogP contribution < -0.4 is 11.1 Å². The zero-order valence-corrected chi connectivity index (χ0v) is 8.22. The summed E-state index contributed by atoms with van der Waals surface area (Å²) in [4.78, 5) is 0. The van der Waals surface area contributed by atoms with Gasteiger partial charge in [-0.25, -0.2) is 0 Å². The Morgan fingerprint density at radius 3 is 2.62 bits per heavy atom. The molecule has 1 aliphatic carbocycles. The molecule has 2 fully saturated rings. The van der Waals surface area contributed by atoms with E-state index in [2.05, 4.69) is 5.32 Å². The van der Waals surface area contributed by atoms with E-state index in [0.717, 1.165) is 32.2 Å². The van der Waals surface area contributed by atoms with Crippen LogP contribution >= 0.6 is 0 Å². The third kappa shape index (κ3) is 2.93. The molecule has 0 amide bonds. The Morgan fingerprint density at radius 1 is 1.31 bits per heavy atom. The van der Waals surface area contributed by atoms with E-state index in [9.17, 15) is 0 Å².